The number of hydrogen-bond acceptors (Lipinski definition) is 4. The van der Waals surface area contributed by atoms with Gasteiger partial charge in [-0.3, -0.25) is 0 Å². The number of aromatic nitrogens is 1. The third-order valence-electron chi connectivity index (χ3n) is 5.23. The molecule has 1 heterocycles. The fourth-order valence-corrected chi connectivity index (χ4v) is 4.98. The van der Waals surface area contributed by atoms with E-state index in [9.17, 15) is 0 Å². The molecular formula is C17H28N2OS. The number of ether oxygens (including phenoxy) is 1. The van der Waals surface area contributed by atoms with Crippen LogP contribution in [0.4, 0.5) is 0 Å². The molecule has 2 aliphatic rings. The predicted molar refractivity (Wildman–Crippen MR) is 87.9 cm³/mol. The van der Waals surface area contributed by atoms with E-state index < -0.39 is 0 Å². The summed E-state index contributed by atoms with van der Waals surface area (Å²) in [4.78, 5) is 6.57. The van der Waals surface area contributed by atoms with E-state index in [-0.39, 0.29) is 5.54 Å². The van der Waals surface area contributed by atoms with Crippen molar-refractivity contribution >= 4 is 11.3 Å². The van der Waals surface area contributed by atoms with Gasteiger partial charge >= 0.3 is 0 Å². The van der Waals surface area contributed by atoms with Crippen molar-refractivity contribution in [3.8, 4) is 0 Å². The van der Waals surface area contributed by atoms with E-state index >= 15 is 0 Å². The number of rotatable bonds is 5. The molecule has 0 saturated heterocycles. The summed E-state index contributed by atoms with van der Waals surface area (Å²) in [6.45, 7) is 6.49. The Morgan fingerprint density at radius 1 is 1.19 bits per heavy atom. The number of thiazole rings is 1. The highest BCUT2D eigenvalue weighted by atomic mass is 32.1. The maximum atomic E-state index is 5.24. The van der Waals surface area contributed by atoms with Crippen molar-refractivity contribution in [3.05, 3.63) is 15.6 Å². The first-order valence-corrected chi connectivity index (χ1v) is 9.09. The molecule has 0 radical (unpaired) electrons. The minimum absolute atomic E-state index is 0.100. The monoisotopic (exact) mass is 308 g/mol. The summed E-state index contributed by atoms with van der Waals surface area (Å²) in [6, 6.07) is 0. The molecule has 118 valence electrons. The van der Waals surface area contributed by atoms with Crippen molar-refractivity contribution in [3.63, 3.8) is 0 Å². The Bertz CT molecular complexity index is 463. The molecule has 1 N–H and O–H groups in total. The van der Waals surface area contributed by atoms with Gasteiger partial charge in [-0.05, 0) is 50.4 Å². The van der Waals surface area contributed by atoms with Crippen LogP contribution in [-0.4, -0.2) is 25.2 Å². The SMILES string of the molecule is COCCNC1(c2nc3c(s2)CCC3)CCC(C)(C)CC1. The van der Waals surface area contributed by atoms with Gasteiger partial charge in [0.2, 0.25) is 0 Å². The van der Waals surface area contributed by atoms with E-state index in [0.29, 0.717) is 5.41 Å². The van der Waals surface area contributed by atoms with Crippen molar-refractivity contribution in [2.24, 2.45) is 5.41 Å². The van der Waals surface area contributed by atoms with Crippen molar-refractivity contribution < 1.29 is 4.74 Å². The molecule has 3 nitrogen and oxygen atoms in total. The third-order valence-corrected chi connectivity index (χ3v) is 6.59. The van der Waals surface area contributed by atoms with Crippen LogP contribution in [0.3, 0.4) is 0 Å². The highest BCUT2D eigenvalue weighted by Gasteiger charge is 2.42. The molecule has 0 spiro atoms. The van der Waals surface area contributed by atoms with E-state index in [1.165, 1.54) is 55.6 Å². The Labute approximate surface area is 132 Å². The maximum absolute atomic E-state index is 5.24. The van der Waals surface area contributed by atoms with Crippen LogP contribution in [0.1, 0.15) is 61.5 Å². The molecule has 2 aliphatic carbocycles. The Morgan fingerprint density at radius 3 is 2.62 bits per heavy atom. The average Bonchev–Trinajstić information content (AvgIpc) is 3.02. The predicted octanol–water partition coefficient (Wildman–Crippen LogP) is 3.66. The summed E-state index contributed by atoms with van der Waals surface area (Å²) in [6.07, 6.45) is 8.68. The van der Waals surface area contributed by atoms with Crippen LogP contribution in [-0.2, 0) is 23.1 Å². The maximum Gasteiger partial charge on any atom is 0.113 e. The molecule has 0 amide bonds. The summed E-state index contributed by atoms with van der Waals surface area (Å²) >= 11 is 1.97. The molecule has 0 aromatic carbocycles. The minimum atomic E-state index is 0.100. The lowest BCUT2D eigenvalue weighted by Gasteiger charge is -2.43. The largest absolute Gasteiger partial charge is 0.383 e. The first-order valence-electron chi connectivity index (χ1n) is 8.28. The fraction of sp³-hybridized carbons (Fsp3) is 0.824. The molecule has 21 heavy (non-hydrogen) atoms. The lowest BCUT2D eigenvalue weighted by atomic mass is 9.69. The molecule has 0 aliphatic heterocycles. The van der Waals surface area contributed by atoms with Crippen LogP contribution in [0, 0.1) is 5.41 Å². The van der Waals surface area contributed by atoms with Crippen LogP contribution in [0.5, 0.6) is 0 Å². The van der Waals surface area contributed by atoms with E-state index in [1.54, 1.807) is 12.0 Å². The van der Waals surface area contributed by atoms with Gasteiger partial charge in [0.05, 0.1) is 17.8 Å². The molecule has 3 rings (SSSR count). The molecule has 4 heteroatoms. The fourth-order valence-electron chi connectivity index (χ4n) is 3.61. The van der Waals surface area contributed by atoms with Gasteiger partial charge in [0.25, 0.3) is 0 Å². The van der Waals surface area contributed by atoms with Crippen LogP contribution in [0.25, 0.3) is 0 Å². The molecule has 1 aromatic heterocycles. The second kappa shape index (κ2) is 5.98. The second-order valence-corrected chi connectivity index (χ2v) is 8.49. The summed E-state index contributed by atoms with van der Waals surface area (Å²) < 4.78 is 5.24. The molecule has 1 aromatic rings. The van der Waals surface area contributed by atoms with Crippen molar-refractivity contribution in [2.45, 2.75) is 64.3 Å². The minimum Gasteiger partial charge on any atom is -0.383 e. The zero-order chi connectivity index (χ0) is 14.9. The van der Waals surface area contributed by atoms with Gasteiger partial charge in [0.15, 0.2) is 0 Å². The summed E-state index contributed by atoms with van der Waals surface area (Å²) in [5.74, 6) is 0. The summed E-state index contributed by atoms with van der Waals surface area (Å²) in [5, 5.41) is 5.15. The van der Waals surface area contributed by atoms with Crippen LogP contribution < -0.4 is 5.32 Å². The van der Waals surface area contributed by atoms with Gasteiger partial charge in [-0.15, -0.1) is 11.3 Å². The Hall–Kier alpha value is -0.450. The van der Waals surface area contributed by atoms with Crippen LogP contribution in [0.2, 0.25) is 0 Å². The average molecular weight is 308 g/mol. The van der Waals surface area contributed by atoms with Gasteiger partial charge in [0, 0.05) is 18.5 Å². The first kappa shape index (κ1) is 15.4. The van der Waals surface area contributed by atoms with Gasteiger partial charge in [-0.25, -0.2) is 4.98 Å². The van der Waals surface area contributed by atoms with Crippen LogP contribution >= 0.6 is 11.3 Å². The molecule has 1 saturated carbocycles. The van der Waals surface area contributed by atoms with Gasteiger partial charge in [-0.1, -0.05) is 13.8 Å². The number of aryl methyl sites for hydroxylation is 2. The van der Waals surface area contributed by atoms with E-state index in [4.69, 9.17) is 9.72 Å². The first-order chi connectivity index (χ1) is 10.0. The van der Waals surface area contributed by atoms with Crippen molar-refractivity contribution in [2.75, 3.05) is 20.3 Å². The standard InChI is InChI=1S/C17H28N2OS/c1-16(2)7-9-17(10-8-16,18-11-12-20-3)15-19-13-5-4-6-14(13)21-15/h18H,4-12H2,1-3H3. The quantitative estimate of drug-likeness (QED) is 0.843. The number of methoxy groups -OCH3 is 1. The number of nitrogens with one attached hydrogen (secondary N) is 1. The number of fused-ring (bicyclic) bond motifs is 1. The molecule has 1 fully saturated rings. The van der Waals surface area contributed by atoms with E-state index in [0.717, 1.165) is 13.2 Å². The normalized spacial score (nSPS) is 23.2. The van der Waals surface area contributed by atoms with Crippen molar-refractivity contribution in [1.29, 1.82) is 0 Å². The number of hydrogen-bond donors (Lipinski definition) is 1. The molecule has 0 unspecified atom stereocenters. The van der Waals surface area contributed by atoms with Gasteiger partial charge < -0.3 is 10.1 Å². The second-order valence-electron chi connectivity index (χ2n) is 7.41. The lowest BCUT2D eigenvalue weighted by Crippen LogP contribution is -2.47. The summed E-state index contributed by atoms with van der Waals surface area (Å²) in [7, 11) is 1.77. The number of nitrogens with zero attached hydrogens (tertiary/aromatic N) is 1. The Morgan fingerprint density at radius 2 is 1.95 bits per heavy atom. The Kier molecular flexibility index (Phi) is 4.40. The van der Waals surface area contributed by atoms with Gasteiger partial charge in [0.1, 0.15) is 5.01 Å². The smallest absolute Gasteiger partial charge is 0.113 e. The lowest BCUT2D eigenvalue weighted by molar-refractivity contribution is 0.119. The van der Waals surface area contributed by atoms with E-state index in [2.05, 4.69) is 19.2 Å². The third kappa shape index (κ3) is 3.17. The van der Waals surface area contributed by atoms with Gasteiger partial charge in [-0.2, -0.15) is 0 Å². The molecule has 0 atom stereocenters. The Balaban J connectivity index is 1.81. The van der Waals surface area contributed by atoms with E-state index in [1.807, 2.05) is 11.3 Å². The molecular weight excluding hydrogens is 280 g/mol. The zero-order valence-corrected chi connectivity index (χ0v) is 14.4. The highest BCUT2D eigenvalue weighted by molar-refractivity contribution is 7.12. The topological polar surface area (TPSA) is 34.1 Å². The van der Waals surface area contributed by atoms with Crippen LogP contribution in [0.15, 0.2) is 0 Å². The summed E-state index contributed by atoms with van der Waals surface area (Å²) in [5.41, 5.74) is 1.96. The highest BCUT2D eigenvalue weighted by Crippen LogP contribution is 2.47. The molecule has 0 bridgehead atoms. The van der Waals surface area contributed by atoms with Crippen molar-refractivity contribution in [1.82, 2.24) is 10.3 Å². The zero-order valence-electron chi connectivity index (χ0n) is 13.6.